The number of hydrogen-bond donors (Lipinski definition) is 2. The molecule has 0 radical (unpaired) electrons. The van der Waals surface area contributed by atoms with Crippen molar-refractivity contribution in [1.82, 2.24) is 9.97 Å². The van der Waals surface area contributed by atoms with E-state index >= 15 is 0 Å². The zero-order valence-corrected chi connectivity index (χ0v) is 11.5. The lowest BCUT2D eigenvalue weighted by Crippen LogP contribution is -2.25. The van der Waals surface area contributed by atoms with Gasteiger partial charge in [-0.05, 0) is 30.3 Å². The zero-order valence-electron chi connectivity index (χ0n) is 11.5. The van der Waals surface area contributed by atoms with Crippen LogP contribution in [0.4, 0.5) is 17.2 Å². The fourth-order valence-corrected chi connectivity index (χ4v) is 2.40. The van der Waals surface area contributed by atoms with Gasteiger partial charge >= 0.3 is 0 Å². The number of amides is 1. The van der Waals surface area contributed by atoms with Crippen molar-refractivity contribution >= 4 is 34.0 Å². The Labute approximate surface area is 126 Å². The Kier molecular flexibility index (Phi) is 2.86. The quantitative estimate of drug-likeness (QED) is 0.759. The van der Waals surface area contributed by atoms with Crippen molar-refractivity contribution in [2.75, 3.05) is 17.2 Å². The van der Waals surface area contributed by atoms with Crippen LogP contribution in [0.15, 0.2) is 48.8 Å². The Morgan fingerprint density at radius 3 is 3.00 bits per heavy atom. The number of hydrogen-bond acceptors (Lipinski definition) is 5. The lowest BCUT2D eigenvalue weighted by Gasteiger charge is -2.19. The van der Waals surface area contributed by atoms with E-state index in [4.69, 9.17) is 4.74 Å². The normalized spacial score (nSPS) is 13.2. The smallest absolute Gasteiger partial charge is 0.262 e. The molecule has 2 aromatic carbocycles. The van der Waals surface area contributed by atoms with Crippen molar-refractivity contribution < 1.29 is 9.53 Å². The number of carbonyl (C=O) groups is 1. The summed E-state index contributed by atoms with van der Waals surface area (Å²) in [7, 11) is 0. The van der Waals surface area contributed by atoms with Crippen molar-refractivity contribution in [3.63, 3.8) is 0 Å². The number of benzene rings is 2. The molecule has 6 heteroatoms. The van der Waals surface area contributed by atoms with Gasteiger partial charge in [-0.1, -0.05) is 12.1 Å². The van der Waals surface area contributed by atoms with E-state index in [2.05, 4.69) is 20.6 Å². The maximum absolute atomic E-state index is 11.4. The Morgan fingerprint density at radius 1 is 1.14 bits per heavy atom. The average Bonchev–Trinajstić information content (AvgIpc) is 2.55. The van der Waals surface area contributed by atoms with Crippen molar-refractivity contribution in [3.8, 4) is 5.75 Å². The van der Waals surface area contributed by atoms with Gasteiger partial charge in [-0.2, -0.15) is 0 Å². The Hall–Kier alpha value is -3.15. The average molecular weight is 292 g/mol. The Morgan fingerprint density at radius 2 is 2.05 bits per heavy atom. The van der Waals surface area contributed by atoms with Crippen LogP contribution in [0.1, 0.15) is 0 Å². The number of nitrogens with one attached hydrogen (secondary N) is 2. The predicted molar refractivity (Wildman–Crippen MR) is 83.4 cm³/mol. The first-order chi connectivity index (χ1) is 10.8. The molecule has 4 rings (SSSR count). The molecule has 3 aromatic rings. The first-order valence-electron chi connectivity index (χ1n) is 6.83. The van der Waals surface area contributed by atoms with Gasteiger partial charge < -0.3 is 15.4 Å². The standard InChI is InChI=1S/C16H12N4O2/c21-15-8-22-14-6-5-10(7-13(14)20-15)19-16-11-3-1-2-4-12(11)17-9-18-16/h1-7,9H,8H2,(H,20,21)(H,17,18,19). The van der Waals surface area contributed by atoms with Crippen LogP contribution in [0.25, 0.3) is 10.9 Å². The molecule has 1 aliphatic rings. The van der Waals surface area contributed by atoms with Crippen molar-refractivity contribution in [2.45, 2.75) is 0 Å². The minimum atomic E-state index is -0.155. The van der Waals surface area contributed by atoms with Crippen molar-refractivity contribution in [1.29, 1.82) is 0 Å². The number of anilines is 3. The first kappa shape index (κ1) is 12.6. The number of aromatic nitrogens is 2. The third-order valence-corrected chi connectivity index (χ3v) is 3.42. The summed E-state index contributed by atoms with van der Waals surface area (Å²) in [5, 5.41) is 6.97. The molecule has 0 aliphatic carbocycles. The highest BCUT2D eigenvalue weighted by Crippen LogP contribution is 2.32. The summed E-state index contributed by atoms with van der Waals surface area (Å²) in [6.45, 7) is 0.0519. The molecule has 0 bridgehead atoms. The highest BCUT2D eigenvalue weighted by Gasteiger charge is 2.16. The van der Waals surface area contributed by atoms with Crippen LogP contribution < -0.4 is 15.4 Å². The number of fused-ring (bicyclic) bond motifs is 2. The topological polar surface area (TPSA) is 76.1 Å². The SMILES string of the molecule is O=C1COc2ccc(Nc3ncnc4ccccc34)cc2N1. The summed E-state index contributed by atoms with van der Waals surface area (Å²) >= 11 is 0. The molecule has 0 spiro atoms. The van der Waals surface area contributed by atoms with Crippen LogP contribution in [-0.2, 0) is 4.79 Å². The summed E-state index contributed by atoms with van der Waals surface area (Å²) in [6, 6.07) is 13.3. The van der Waals surface area contributed by atoms with E-state index in [0.29, 0.717) is 17.3 Å². The number of rotatable bonds is 2. The van der Waals surface area contributed by atoms with Gasteiger partial charge in [0.05, 0.1) is 11.2 Å². The second kappa shape index (κ2) is 5.00. The molecule has 2 heterocycles. The van der Waals surface area contributed by atoms with Crippen LogP contribution in [0.3, 0.4) is 0 Å². The summed E-state index contributed by atoms with van der Waals surface area (Å²) < 4.78 is 5.35. The highest BCUT2D eigenvalue weighted by molar-refractivity contribution is 5.96. The van der Waals surface area contributed by atoms with Gasteiger partial charge in [0, 0.05) is 11.1 Å². The maximum atomic E-state index is 11.4. The molecule has 2 N–H and O–H groups in total. The van der Waals surface area contributed by atoms with Crippen LogP contribution in [0.2, 0.25) is 0 Å². The predicted octanol–water partition coefficient (Wildman–Crippen LogP) is 2.70. The molecule has 1 amide bonds. The van der Waals surface area contributed by atoms with Gasteiger partial charge in [-0.25, -0.2) is 9.97 Å². The van der Waals surface area contributed by atoms with E-state index in [9.17, 15) is 4.79 Å². The number of para-hydroxylation sites is 1. The first-order valence-corrected chi connectivity index (χ1v) is 6.83. The molecular weight excluding hydrogens is 280 g/mol. The van der Waals surface area contributed by atoms with Gasteiger partial charge in [0.15, 0.2) is 6.61 Å². The molecule has 0 saturated heterocycles. The van der Waals surface area contributed by atoms with Crippen LogP contribution in [-0.4, -0.2) is 22.5 Å². The van der Waals surface area contributed by atoms with E-state index in [0.717, 1.165) is 16.6 Å². The molecule has 0 fully saturated rings. The summed E-state index contributed by atoms with van der Waals surface area (Å²) in [6.07, 6.45) is 1.52. The summed E-state index contributed by atoms with van der Waals surface area (Å²) in [4.78, 5) is 19.9. The van der Waals surface area contributed by atoms with E-state index in [-0.39, 0.29) is 12.5 Å². The summed E-state index contributed by atoms with van der Waals surface area (Å²) in [5.74, 6) is 1.23. The minimum Gasteiger partial charge on any atom is -0.482 e. The summed E-state index contributed by atoms with van der Waals surface area (Å²) in [5.41, 5.74) is 2.34. The molecule has 0 saturated carbocycles. The lowest BCUT2D eigenvalue weighted by molar-refractivity contribution is -0.118. The second-order valence-corrected chi connectivity index (χ2v) is 4.91. The Bertz CT molecular complexity index is 874. The number of ether oxygens (including phenoxy) is 1. The molecular formula is C16H12N4O2. The molecule has 1 aliphatic heterocycles. The third kappa shape index (κ3) is 2.20. The fraction of sp³-hybridized carbons (Fsp3) is 0.0625. The van der Waals surface area contributed by atoms with Crippen molar-refractivity contribution in [2.24, 2.45) is 0 Å². The molecule has 0 atom stereocenters. The lowest BCUT2D eigenvalue weighted by atomic mass is 10.2. The zero-order chi connectivity index (χ0) is 14.9. The largest absolute Gasteiger partial charge is 0.482 e. The van der Waals surface area contributed by atoms with E-state index in [1.165, 1.54) is 6.33 Å². The third-order valence-electron chi connectivity index (χ3n) is 3.42. The van der Waals surface area contributed by atoms with Gasteiger partial charge in [-0.15, -0.1) is 0 Å². The molecule has 0 unspecified atom stereocenters. The van der Waals surface area contributed by atoms with E-state index in [1.807, 2.05) is 42.5 Å². The van der Waals surface area contributed by atoms with Crippen molar-refractivity contribution in [3.05, 3.63) is 48.8 Å². The maximum Gasteiger partial charge on any atom is 0.262 e. The van der Waals surface area contributed by atoms with E-state index < -0.39 is 0 Å². The van der Waals surface area contributed by atoms with E-state index in [1.54, 1.807) is 0 Å². The highest BCUT2D eigenvalue weighted by atomic mass is 16.5. The Balaban J connectivity index is 1.71. The number of carbonyl (C=O) groups excluding carboxylic acids is 1. The molecule has 1 aromatic heterocycles. The van der Waals surface area contributed by atoms with Gasteiger partial charge in [0.1, 0.15) is 17.9 Å². The number of nitrogens with zero attached hydrogens (tertiary/aromatic N) is 2. The van der Waals surface area contributed by atoms with Gasteiger partial charge in [0.25, 0.3) is 5.91 Å². The fourth-order valence-electron chi connectivity index (χ4n) is 2.40. The molecule has 108 valence electrons. The van der Waals surface area contributed by atoms with Crippen LogP contribution >= 0.6 is 0 Å². The van der Waals surface area contributed by atoms with Gasteiger partial charge in [0.2, 0.25) is 0 Å². The monoisotopic (exact) mass is 292 g/mol. The van der Waals surface area contributed by atoms with Crippen LogP contribution in [0.5, 0.6) is 5.75 Å². The molecule has 22 heavy (non-hydrogen) atoms. The second-order valence-electron chi connectivity index (χ2n) is 4.91. The molecule has 6 nitrogen and oxygen atoms in total. The minimum absolute atomic E-state index is 0.0519. The van der Waals surface area contributed by atoms with Crippen LogP contribution in [0, 0.1) is 0 Å². The van der Waals surface area contributed by atoms with Gasteiger partial charge in [-0.3, -0.25) is 4.79 Å².